The number of hydrogen-bond acceptors (Lipinski definition) is 6. The Hall–Kier alpha value is -3.03. The molecule has 2 aliphatic carbocycles. The van der Waals surface area contributed by atoms with E-state index in [4.69, 9.17) is 4.74 Å². The summed E-state index contributed by atoms with van der Waals surface area (Å²) in [6.45, 7) is 6.87. The minimum Gasteiger partial charge on any atom is -0.451 e. The summed E-state index contributed by atoms with van der Waals surface area (Å²) in [4.78, 5) is 24.3. The zero-order valence-electron chi connectivity index (χ0n) is 17.6. The highest BCUT2D eigenvalue weighted by Gasteiger charge is 2.60. The van der Waals surface area contributed by atoms with Crippen LogP contribution >= 0.6 is 0 Å². The van der Waals surface area contributed by atoms with Gasteiger partial charge in [0.15, 0.2) is 12.3 Å². The number of nitrogens with zero attached hydrogens (tertiary/aromatic N) is 4. The summed E-state index contributed by atoms with van der Waals surface area (Å²) in [7, 11) is 0. The molecule has 2 aromatic rings. The third-order valence-corrected chi connectivity index (χ3v) is 7.10. The van der Waals surface area contributed by atoms with Crippen LogP contribution in [-0.2, 0) is 16.1 Å². The number of benzene rings is 1. The van der Waals surface area contributed by atoms with E-state index in [1.165, 1.54) is 12.6 Å². The fourth-order valence-corrected chi connectivity index (χ4v) is 4.70. The van der Waals surface area contributed by atoms with Gasteiger partial charge in [-0.15, -0.1) is 5.10 Å². The highest BCUT2D eigenvalue weighted by Crippen LogP contribution is 2.63. The Balaban J connectivity index is 1.28. The van der Waals surface area contributed by atoms with Crippen LogP contribution in [0.1, 0.15) is 56.1 Å². The molecule has 30 heavy (non-hydrogen) atoms. The van der Waals surface area contributed by atoms with E-state index < -0.39 is 18.5 Å². The van der Waals surface area contributed by atoms with Crippen molar-refractivity contribution in [2.45, 2.75) is 46.6 Å². The Kier molecular flexibility index (Phi) is 5.17. The molecule has 1 N–H and O–H groups in total. The molecule has 2 bridgehead atoms. The maximum Gasteiger partial charge on any atom is 0.361 e. The lowest BCUT2D eigenvalue weighted by Crippen LogP contribution is -2.34. The fraction of sp³-hybridized carbons (Fsp3) is 0.500. The molecule has 2 saturated carbocycles. The lowest BCUT2D eigenvalue weighted by atomic mass is 9.70. The lowest BCUT2D eigenvalue weighted by Gasteiger charge is -2.34. The van der Waals surface area contributed by atoms with Gasteiger partial charge in [0.05, 0.1) is 12.7 Å². The average molecular weight is 409 g/mol. The van der Waals surface area contributed by atoms with E-state index >= 15 is 0 Å². The normalized spacial score (nSPS) is 25.4. The number of carbonyl (C=O) groups is 2. The maximum atomic E-state index is 12.2. The van der Waals surface area contributed by atoms with Crippen molar-refractivity contribution in [2.75, 3.05) is 6.61 Å². The van der Waals surface area contributed by atoms with Gasteiger partial charge in [0.1, 0.15) is 0 Å². The molecule has 1 aromatic heterocycles. The SMILES string of the molecule is CC12CCC(C/C1=N/NC(=O)COC(=O)c1cn(Cc3ccccc3)nn1)C2(C)C. The summed E-state index contributed by atoms with van der Waals surface area (Å²) < 4.78 is 6.61. The van der Waals surface area contributed by atoms with Gasteiger partial charge >= 0.3 is 5.97 Å². The van der Waals surface area contributed by atoms with Crippen molar-refractivity contribution >= 4 is 17.6 Å². The number of carbonyl (C=O) groups excluding carboxylic acids is 2. The summed E-state index contributed by atoms with van der Waals surface area (Å²) in [5.41, 5.74) is 4.89. The predicted molar refractivity (Wildman–Crippen MR) is 111 cm³/mol. The molecule has 0 radical (unpaired) electrons. The second-order valence-corrected chi connectivity index (χ2v) is 8.95. The van der Waals surface area contributed by atoms with Crippen LogP contribution in [0.5, 0.6) is 0 Å². The third-order valence-electron chi connectivity index (χ3n) is 7.10. The standard InChI is InChI=1S/C22H27N5O3/c1-21(2)16-9-10-22(21,3)18(11-16)24-25-19(28)14-30-20(29)17-13-27(26-23-17)12-15-7-5-4-6-8-15/h4-8,13,16H,9-12,14H2,1-3H3,(H,25,28)/b24-18-. The summed E-state index contributed by atoms with van der Waals surface area (Å²) in [6.07, 6.45) is 4.71. The lowest BCUT2D eigenvalue weighted by molar-refractivity contribution is -0.124. The second-order valence-electron chi connectivity index (χ2n) is 8.95. The second kappa shape index (κ2) is 7.66. The van der Waals surface area contributed by atoms with Crippen molar-refractivity contribution in [3.63, 3.8) is 0 Å². The summed E-state index contributed by atoms with van der Waals surface area (Å²) in [5.74, 6) is -0.545. The van der Waals surface area contributed by atoms with Gasteiger partial charge < -0.3 is 4.74 Å². The Labute approximate surface area is 175 Å². The molecule has 8 nitrogen and oxygen atoms in total. The van der Waals surface area contributed by atoms with Crippen molar-refractivity contribution in [2.24, 2.45) is 21.8 Å². The Morgan fingerprint density at radius 2 is 2.03 bits per heavy atom. The van der Waals surface area contributed by atoms with E-state index in [-0.39, 0.29) is 16.5 Å². The van der Waals surface area contributed by atoms with E-state index in [1.807, 2.05) is 30.3 Å². The predicted octanol–water partition coefficient (Wildman–Crippen LogP) is 2.80. The van der Waals surface area contributed by atoms with Crippen LogP contribution in [-0.4, -0.2) is 39.2 Å². The molecule has 1 heterocycles. The summed E-state index contributed by atoms with van der Waals surface area (Å²) in [5, 5.41) is 12.1. The largest absolute Gasteiger partial charge is 0.451 e. The first-order valence-corrected chi connectivity index (χ1v) is 10.3. The minimum atomic E-state index is -0.690. The molecule has 0 spiro atoms. The number of fused-ring (bicyclic) bond motifs is 2. The topological polar surface area (TPSA) is 98.5 Å². The summed E-state index contributed by atoms with van der Waals surface area (Å²) >= 11 is 0. The van der Waals surface area contributed by atoms with Gasteiger partial charge in [-0.1, -0.05) is 56.3 Å². The van der Waals surface area contributed by atoms with Crippen molar-refractivity contribution in [3.05, 3.63) is 47.8 Å². The molecule has 1 aromatic carbocycles. The third kappa shape index (κ3) is 3.62. The first-order chi connectivity index (χ1) is 14.3. The number of hydrazone groups is 1. The van der Waals surface area contributed by atoms with Crippen LogP contribution in [0.2, 0.25) is 0 Å². The van der Waals surface area contributed by atoms with Crippen LogP contribution in [0.4, 0.5) is 0 Å². The minimum absolute atomic E-state index is 0.0128. The molecule has 158 valence electrons. The van der Waals surface area contributed by atoms with Gasteiger partial charge in [0.2, 0.25) is 0 Å². The zero-order chi connectivity index (χ0) is 21.4. The Morgan fingerprint density at radius 3 is 2.70 bits per heavy atom. The number of amides is 1. The maximum absolute atomic E-state index is 12.2. The number of rotatable bonds is 6. The number of aromatic nitrogens is 3. The van der Waals surface area contributed by atoms with Crippen LogP contribution < -0.4 is 5.43 Å². The molecule has 2 unspecified atom stereocenters. The van der Waals surface area contributed by atoms with Gasteiger partial charge in [-0.05, 0) is 36.2 Å². The fourth-order valence-electron chi connectivity index (χ4n) is 4.70. The van der Waals surface area contributed by atoms with Crippen LogP contribution in [0.3, 0.4) is 0 Å². The van der Waals surface area contributed by atoms with Crippen LogP contribution in [0, 0.1) is 16.7 Å². The van der Waals surface area contributed by atoms with Crippen LogP contribution in [0.25, 0.3) is 0 Å². The monoisotopic (exact) mass is 409 g/mol. The van der Waals surface area contributed by atoms with E-state index in [1.54, 1.807) is 4.68 Å². The molecule has 0 aliphatic heterocycles. The summed E-state index contributed by atoms with van der Waals surface area (Å²) in [6, 6.07) is 9.72. The molecule has 2 atom stereocenters. The molecular formula is C22H27N5O3. The number of nitrogens with one attached hydrogen (secondary N) is 1. The van der Waals surface area contributed by atoms with Gasteiger partial charge in [-0.25, -0.2) is 14.9 Å². The van der Waals surface area contributed by atoms with Gasteiger partial charge in [-0.3, -0.25) is 4.79 Å². The number of ether oxygens (including phenoxy) is 1. The first kappa shape index (κ1) is 20.3. The number of hydrogen-bond donors (Lipinski definition) is 1. The molecular weight excluding hydrogens is 382 g/mol. The Morgan fingerprint density at radius 1 is 1.27 bits per heavy atom. The van der Waals surface area contributed by atoms with Crippen LogP contribution in [0.15, 0.2) is 41.6 Å². The Bertz CT molecular complexity index is 982. The first-order valence-electron chi connectivity index (χ1n) is 10.3. The molecule has 1 amide bonds. The highest BCUT2D eigenvalue weighted by atomic mass is 16.5. The quantitative estimate of drug-likeness (QED) is 0.584. The smallest absolute Gasteiger partial charge is 0.361 e. The molecule has 8 heteroatoms. The highest BCUT2D eigenvalue weighted by molar-refractivity contribution is 5.95. The van der Waals surface area contributed by atoms with Crippen molar-refractivity contribution < 1.29 is 14.3 Å². The molecule has 0 saturated heterocycles. The van der Waals surface area contributed by atoms with Crippen molar-refractivity contribution in [3.8, 4) is 0 Å². The van der Waals surface area contributed by atoms with Gasteiger partial charge in [0.25, 0.3) is 5.91 Å². The molecule has 2 aliphatic rings. The van der Waals surface area contributed by atoms with Gasteiger partial charge in [0, 0.05) is 11.1 Å². The van der Waals surface area contributed by atoms with E-state index in [0.717, 1.165) is 24.1 Å². The van der Waals surface area contributed by atoms with Gasteiger partial charge in [-0.2, -0.15) is 5.10 Å². The molecule has 4 rings (SSSR count). The average Bonchev–Trinajstić information content (AvgIpc) is 3.33. The zero-order valence-corrected chi connectivity index (χ0v) is 17.6. The molecule has 2 fully saturated rings. The number of esters is 1. The van der Waals surface area contributed by atoms with Crippen molar-refractivity contribution in [1.29, 1.82) is 0 Å². The van der Waals surface area contributed by atoms with E-state index in [2.05, 4.69) is 41.6 Å². The van der Waals surface area contributed by atoms with Crippen molar-refractivity contribution in [1.82, 2.24) is 20.4 Å². The van der Waals surface area contributed by atoms with E-state index in [9.17, 15) is 9.59 Å². The van der Waals surface area contributed by atoms with E-state index in [0.29, 0.717) is 12.5 Å².